The lowest BCUT2D eigenvalue weighted by atomic mass is 10.6. The van der Waals surface area contributed by atoms with Gasteiger partial charge in [0.2, 0.25) is 6.29 Å². The van der Waals surface area contributed by atoms with Crippen molar-refractivity contribution in [1.82, 2.24) is 0 Å². The fraction of sp³-hybridized carbons (Fsp3) is 0.667. The van der Waals surface area contributed by atoms with E-state index >= 15 is 0 Å². The van der Waals surface area contributed by atoms with Crippen molar-refractivity contribution in [2.45, 2.75) is 13.2 Å². The van der Waals surface area contributed by atoms with Gasteiger partial charge in [0.05, 0.1) is 26.4 Å². The number of carbonyl (C=O) groups excluding carboxylic acids is 1. The second-order valence-electron chi connectivity index (χ2n) is 2.42. The zero-order chi connectivity index (χ0) is 10.8. The third kappa shape index (κ3) is 7.72. The summed E-state index contributed by atoms with van der Waals surface area (Å²) < 4.78 is 14.7. The van der Waals surface area contributed by atoms with Gasteiger partial charge in [0.25, 0.3) is 0 Å². The van der Waals surface area contributed by atoms with E-state index in [1.165, 1.54) is 0 Å². The average Bonchev–Trinajstić information content (AvgIpc) is 2.17. The highest BCUT2D eigenvalue weighted by atomic mass is 16.7. The molecule has 5 heteroatoms. The molecule has 1 atom stereocenters. The number of aliphatic hydroxyl groups excluding tert-OH is 1. The van der Waals surface area contributed by atoms with Gasteiger partial charge in [0.15, 0.2) is 0 Å². The normalized spacial score (nSPS) is 12.1. The molecule has 0 spiro atoms. The van der Waals surface area contributed by atoms with E-state index in [1.807, 2.05) is 0 Å². The molecular weight excluding hydrogens is 188 g/mol. The van der Waals surface area contributed by atoms with Crippen LogP contribution in [-0.4, -0.2) is 43.8 Å². The highest BCUT2D eigenvalue weighted by molar-refractivity contribution is 5.81. The summed E-state index contributed by atoms with van der Waals surface area (Å²) in [4.78, 5) is 10.7. The Morgan fingerprint density at radius 3 is 2.79 bits per heavy atom. The molecule has 0 saturated heterocycles. The minimum Gasteiger partial charge on any atom is -0.433 e. The van der Waals surface area contributed by atoms with Crippen LogP contribution in [0.5, 0.6) is 0 Å². The van der Waals surface area contributed by atoms with Gasteiger partial charge in [-0.15, -0.1) is 0 Å². The number of rotatable bonds is 8. The van der Waals surface area contributed by atoms with Crippen molar-refractivity contribution in [2.24, 2.45) is 0 Å². The Morgan fingerprint density at radius 2 is 2.21 bits per heavy atom. The molecule has 0 aliphatic heterocycles. The van der Waals surface area contributed by atoms with Crippen molar-refractivity contribution in [1.29, 1.82) is 0 Å². The highest BCUT2D eigenvalue weighted by Crippen LogP contribution is 1.94. The van der Waals surface area contributed by atoms with Crippen LogP contribution in [-0.2, 0) is 19.0 Å². The van der Waals surface area contributed by atoms with Gasteiger partial charge in [-0.3, -0.25) is 0 Å². The Kier molecular flexibility index (Phi) is 8.11. The molecule has 0 heterocycles. The van der Waals surface area contributed by atoms with Crippen LogP contribution in [0.4, 0.5) is 0 Å². The molecule has 0 amide bonds. The molecule has 0 aliphatic rings. The predicted octanol–water partition coefficient (Wildman–Crippen LogP) is 0.0871. The lowest BCUT2D eigenvalue weighted by Gasteiger charge is -2.12. The van der Waals surface area contributed by atoms with E-state index in [1.54, 1.807) is 6.92 Å². The molecule has 1 unspecified atom stereocenters. The van der Waals surface area contributed by atoms with Crippen molar-refractivity contribution in [2.75, 3.05) is 26.4 Å². The first-order valence-electron chi connectivity index (χ1n) is 4.34. The Hall–Kier alpha value is -0.910. The zero-order valence-corrected chi connectivity index (χ0v) is 8.27. The summed E-state index contributed by atoms with van der Waals surface area (Å²) in [6.07, 6.45) is 0.459. The van der Waals surface area contributed by atoms with Gasteiger partial charge >= 0.3 is 5.97 Å². The van der Waals surface area contributed by atoms with Crippen molar-refractivity contribution in [3.05, 3.63) is 12.7 Å². The molecule has 0 saturated carbocycles. The third-order valence-electron chi connectivity index (χ3n) is 1.26. The summed E-state index contributed by atoms with van der Waals surface area (Å²) in [5.41, 5.74) is 0. The quantitative estimate of drug-likeness (QED) is 0.263. The lowest BCUT2D eigenvalue weighted by Crippen LogP contribution is -2.19. The smallest absolute Gasteiger partial charge is 0.332 e. The van der Waals surface area contributed by atoms with E-state index in [0.717, 1.165) is 6.08 Å². The fourth-order valence-electron chi connectivity index (χ4n) is 0.685. The highest BCUT2D eigenvalue weighted by Gasteiger charge is 2.05. The van der Waals surface area contributed by atoms with Crippen LogP contribution in [0.25, 0.3) is 0 Å². The molecule has 0 bridgehead atoms. The number of aliphatic hydroxyl groups is 1. The van der Waals surface area contributed by atoms with Gasteiger partial charge in [-0.25, -0.2) is 4.79 Å². The molecule has 0 aromatic rings. The molecule has 0 aromatic heterocycles. The first-order chi connectivity index (χ1) is 6.70. The molecule has 14 heavy (non-hydrogen) atoms. The van der Waals surface area contributed by atoms with Crippen LogP contribution in [0, 0.1) is 0 Å². The minimum absolute atomic E-state index is 0.0129. The van der Waals surface area contributed by atoms with Crippen molar-refractivity contribution in [3.8, 4) is 0 Å². The molecule has 5 nitrogen and oxygen atoms in total. The van der Waals surface area contributed by atoms with Crippen LogP contribution >= 0.6 is 0 Å². The summed E-state index contributed by atoms with van der Waals surface area (Å²) in [5, 5.41) is 8.38. The lowest BCUT2D eigenvalue weighted by molar-refractivity contribution is -0.171. The average molecular weight is 204 g/mol. The maximum Gasteiger partial charge on any atom is 0.332 e. The molecule has 0 aromatic carbocycles. The van der Waals surface area contributed by atoms with Gasteiger partial charge in [0, 0.05) is 6.08 Å². The fourth-order valence-corrected chi connectivity index (χ4v) is 0.685. The van der Waals surface area contributed by atoms with E-state index in [9.17, 15) is 4.79 Å². The van der Waals surface area contributed by atoms with Crippen LogP contribution in [0.1, 0.15) is 6.92 Å². The molecule has 1 N–H and O–H groups in total. The van der Waals surface area contributed by atoms with Crippen molar-refractivity contribution < 1.29 is 24.1 Å². The monoisotopic (exact) mass is 204 g/mol. The van der Waals surface area contributed by atoms with Crippen molar-refractivity contribution in [3.63, 3.8) is 0 Å². The van der Waals surface area contributed by atoms with Crippen LogP contribution < -0.4 is 0 Å². The summed E-state index contributed by atoms with van der Waals surface area (Å²) in [5.74, 6) is -0.520. The molecule has 0 radical (unpaired) electrons. The van der Waals surface area contributed by atoms with E-state index in [2.05, 4.69) is 6.58 Å². The maximum absolute atomic E-state index is 10.7. The zero-order valence-electron chi connectivity index (χ0n) is 8.27. The van der Waals surface area contributed by atoms with Crippen LogP contribution in [0.3, 0.4) is 0 Å². The molecular formula is C9H16O5. The van der Waals surface area contributed by atoms with Crippen LogP contribution in [0.15, 0.2) is 12.7 Å². The predicted molar refractivity (Wildman–Crippen MR) is 49.6 cm³/mol. The van der Waals surface area contributed by atoms with E-state index in [-0.39, 0.29) is 13.2 Å². The largest absolute Gasteiger partial charge is 0.433 e. The SMILES string of the molecule is C=CC(=O)OC(C)OCCOCCO. The molecule has 0 rings (SSSR count). The maximum atomic E-state index is 10.7. The molecule has 0 aliphatic carbocycles. The first-order valence-corrected chi connectivity index (χ1v) is 4.34. The Balaban J connectivity index is 3.30. The number of ether oxygens (including phenoxy) is 3. The topological polar surface area (TPSA) is 65.0 Å². The minimum atomic E-state index is -0.613. The summed E-state index contributed by atoms with van der Waals surface area (Å²) in [6.45, 7) is 5.79. The van der Waals surface area contributed by atoms with Crippen molar-refractivity contribution >= 4 is 5.97 Å². The van der Waals surface area contributed by atoms with E-state index < -0.39 is 12.3 Å². The van der Waals surface area contributed by atoms with Gasteiger partial charge in [0.1, 0.15) is 0 Å². The number of hydrogen-bond acceptors (Lipinski definition) is 5. The number of carbonyl (C=O) groups is 1. The Morgan fingerprint density at radius 1 is 1.50 bits per heavy atom. The second kappa shape index (κ2) is 8.68. The standard InChI is InChI=1S/C9H16O5/c1-3-9(11)14-8(2)13-7-6-12-5-4-10/h3,8,10H,1,4-7H2,2H3. The number of hydrogen-bond donors (Lipinski definition) is 1. The van der Waals surface area contributed by atoms with Gasteiger partial charge in [-0.1, -0.05) is 6.58 Å². The molecule has 82 valence electrons. The van der Waals surface area contributed by atoms with E-state index in [0.29, 0.717) is 13.2 Å². The second-order valence-corrected chi connectivity index (χ2v) is 2.42. The van der Waals surface area contributed by atoms with Gasteiger partial charge in [-0.05, 0) is 6.92 Å². The summed E-state index contributed by atoms with van der Waals surface area (Å²) >= 11 is 0. The first kappa shape index (κ1) is 13.1. The Bertz CT molecular complexity index is 169. The van der Waals surface area contributed by atoms with E-state index in [4.69, 9.17) is 19.3 Å². The van der Waals surface area contributed by atoms with Gasteiger partial charge < -0.3 is 19.3 Å². The molecule has 0 fully saturated rings. The summed E-state index contributed by atoms with van der Waals surface area (Å²) in [7, 11) is 0. The van der Waals surface area contributed by atoms with Gasteiger partial charge in [-0.2, -0.15) is 0 Å². The summed E-state index contributed by atoms with van der Waals surface area (Å²) in [6, 6.07) is 0. The van der Waals surface area contributed by atoms with Crippen LogP contribution in [0.2, 0.25) is 0 Å². The number of esters is 1. The third-order valence-corrected chi connectivity index (χ3v) is 1.26. The Labute approximate surface area is 83.3 Å².